The van der Waals surface area contributed by atoms with Crippen molar-refractivity contribution >= 4 is 34.4 Å². The molecule has 5 saturated carbocycles. The van der Waals surface area contributed by atoms with Crippen LogP contribution in [-0.4, -0.2) is 28.1 Å². The topological polar surface area (TPSA) is 84.0 Å². The van der Waals surface area contributed by atoms with Crippen molar-refractivity contribution in [3.8, 4) is 0 Å². The maximum atomic E-state index is 12.4. The number of benzene rings is 1. The van der Waals surface area contributed by atoms with Crippen LogP contribution in [0.3, 0.4) is 0 Å². The number of anilines is 1. The maximum Gasteiger partial charge on any atom is 0.251 e. The fourth-order valence-corrected chi connectivity index (χ4v) is 7.39. The van der Waals surface area contributed by atoms with E-state index >= 15 is 0 Å². The second kappa shape index (κ2) is 7.80. The van der Waals surface area contributed by atoms with E-state index in [1.54, 1.807) is 29.5 Å². The van der Waals surface area contributed by atoms with E-state index in [4.69, 9.17) is 0 Å². The summed E-state index contributed by atoms with van der Waals surface area (Å²) in [7, 11) is 0. The van der Waals surface area contributed by atoms with Crippen molar-refractivity contribution in [2.75, 3.05) is 5.32 Å². The standard InChI is InChI=1S/C25H28N4O2S/c30-21(8-3-15-1-4-19(5-2-15)22(31)26-20-6-7-20)27-24-29-28-23(32-24)25-12-16-9-17(13-25)11-18(10-16)14-25/h1-5,8,16-18,20H,6-7,9-14H2,(H,26,31)(H,27,29,30)/b8-3+. The number of rotatable bonds is 6. The van der Waals surface area contributed by atoms with Crippen LogP contribution in [0.5, 0.6) is 0 Å². The molecule has 1 aromatic heterocycles. The number of aromatic nitrogens is 2. The van der Waals surface area contributed by atoms with Gasteiger partial charge in [-0.2, -0.15) is 0 Å². The Labute approximate surface area is 191 Å². The molecule has 0 atom stereocenters. The summed E-state index contributed by atoms with van der Waals surface area (Å²) >= 11 is 1.55. The molecule has 0 unspecified atom stereocenters. The first-order chi connectivity index (χ1) is 15.5. The number of nitrogens with zero attached hydrogens (tertiary/aromatic N) is 2. The first-order valence-corrected chi connectivity index (χ1v) is 12.6. The first-order valence-electron chi connectivity index (χ1n) is 11.8. The SMILES string of the molecule is O=C(/C=C/c1ccc(C(=O)NC2CC2)cc1)Nc1nnc(C23CC4CC(CC(C4)C2)C3)s1. The molecule has 4 bridgehead atoms. The lowest BCUT2D eigenvalue weighted by Crippen LogP contribution is -2.48. The van der Waals surface area contributed by atoms with Crippen LogP contribution in [0.1, 0.15) is 72.3 Å². The van der Waals surface area contributed by atoms with Crippen molar-refractivity contribution in [2.45, 2.75) is 62.8 Å². The van der Waals surface area contributed by atoms with Gasteiger partial charge in [0.05, 0.1) is 0 Å². The molecule has 0 spiro atoms. The van der Waals surface area contributed by atoms with Gasteiger partial charge in [0.15, 0.2) is 0 Å². The van der Waals surface area contributed by atoms with Gasteiger partial charge in [-0.25, -0.2) is 0 Å². The molecule has 0 radical (unpaired) electrons. The van der Waals surface area contributed by atoms with Gasteiger partial charge < -0.3 is 5.32 Å². The molecule has 2 amide bonds. The lowest BCUT2D eigenvalue weighted by Gasteiger charge is -2.55. The second-order valence-corrected chi connectivity index (χ2v) is 11.3. The van der Waals surface area contributed by atoms with E-state index in [9.17, 15) is 9.59 Å². The van der Waals surface area contributed by atoms with E-state index in [-0.39, 0.29) is 17.2 Å². The predicted molar refractivity (Wildman–Crippen MR) is 124 cm³/mol. The lowest BCUT2D eigenvalue weighted by atomic mass is 9.50. The molecule has 5 aliphatic carbocycles. The Morgan fingerprint density at radius 2 is 1.62 bits per heavy atom. The molecule has 2 aromatic rings. The molecule has 32 heavy (non-hydrogen) atoms. The molecule has 1 heterocycles. The highest BCUT2D eigenvalue weighted by molar-refractivity contribution is 7.15. The second-order valence-electron chi connectivity index (χ2n) is 10.3. The minimum absolute atomic E-state index is 0.0353. The fraction of sp³-hybridized carbons (Fsp3) is 0.520. The summed E-state index contributed by atoms with van der Waals surface area (Å²) in [6.07, 6.45) is 13.3. The largest absolute Gasteiger partial charge is 0.349 e. The van der Waals surface area contributed by atoms with Crippen molar-refractivity contribution in [2.24, 2.45) is 17.8 Å². The molecular weight excluding hydrogens is 420 g/mol. The van der Waals surface area contributed by atoms with E-state index in [2.05, 4.69) is 20.8 Å². The van der Waals surface area contributed by atoms with Gasteiger partial charge in [0.2, 0.25) is 11.0 Å². The van der Waals surface area contributed by atoms with Crippen LogP contribution < -0.4 is 10.6 Å². The van der Waals surface area contributed by atoms with Gasteiger partial charge in [0.1, 0.15) is 5.01 Å². The lowest BCUT2D eigenvalue weighted by molar-refractivity contribution is -0.111. The molecule has 6 nitrogen and oxygen atoms in total. The highest BCUT2D eigenvalue weighted by Gasteiger charge is 2.53. The van der Waals surface area contributed by atoms with Gasteiger partial charge in [-0.1, -0.05) is 23.5 Å². The molecular formula is C25H28N4O2S. The molecule has 5 fully saturated rings. The Hall–Kier alpha value is -2.54. The van der Waals surface area contributed by atoms with Crippen LogP contribution >= 0.6 is 11.3 Å². The minimum atomic E-state index is -0.214. The number of hydrogen-bond acceptors (Lipinski definition) is 5. The Bertz CT molecular complexity index is 1030. The Kier molecular flexibility index (Phi) is 4.90. The Morgan fingerprint density at radius 1 is 0.969 bits per heavy atom. The number of hydrogen-bond donors (Lipinski definition) is 2. The molecule has 5 aliphatic rings. The summed E-state index contributed by atoms with van der Waals surface area (Å²) < 4.78 is 0. The van der Waals surface area contributed by atoms with Crippen molar-refractivity contribution in [1.82, 2.24) is 15.5 Å². The predicted octanol–water partition coefficient (Wildman–Crippen LogP) is 4.55. The number of carbonyl (C=O) groups is 2. The van der Waals surface area contributed by atoms with E-state index in [0.717, 1.165) is 41.2 Å². The average Bonchev–Trinajstić information content (AvgIpc) is 3.45. The van der Waals surface area contributed by atoms with Crippen LogP contribution in [0.15, 0.2) is 30.3 Å². The van der Waals surface area contributed by atoms with E-state index in [1.807, 2.05) is 12.1 Å². The fourth-order valence-electron chi connectivity index (χ4n) is 6.42. The van der Waals surface area contributed by atoms with Crippen molar-refractivity contribution in [1.29, 1.82) is 0 Å². The van der Waals surface area contributed by atoms with Gasteiger partial charge >= 0.3 is 0 Å². The zero-order chi connectivity index (χ0) is 21.7. The summed E-state index contributed by atoms with van der Waals surface area (Å²) in [5, 5.41) is 16.4. The molecule has 7 rings (SSSR count). The molecule has 2 N–H and O–H groups in total. The monoisotopic (exact) mass is 448 g/mol. The third kappa shape index (κ3) is 3.98. The number of nitrogens with one attached hydrogen (secondary N) is 2. The van der Waals surface area contributed by atoms with Gasteiger partial charge in [0, 0.05) is 23.1 Å². The quantitative estimate of drug-likeness (QED) is 0.635. The number of carbonyl (C=O) groups excluding carboxylic acids is 2. The van der Waals surface area contributed by atoms with Crippen LogP contribution in [-0.2, 0) is 10.2 Å². The normalized spacial score (nSPS) is 30.6. The molecule has 7 heteroatoms. The molecule has 1 aromatic carbocycles. The van der Waals surface area contributed by atoms with Crippen molar-refractivity contribution in [3.63, 3.8) is 0 Å². The van der Waals surface area contributed by atoms with Gasteiger partial charge in [0.25, 0.3) is 5.91 Å². The molecule has 0 aliphatic heterocycles. The third-order valence-corrected chi connectivity index (χ3v) is 8.74. The average molecular weight is 449 g/mol. The smallest absolute Gasteiger partial charge is 0.251 e. The van der Waals surface area contributed by atoms with Crippen LogP contribution in [0, 0.1) is 17.8 Å². The first kappa shape index (κ1) is 20.1. The van der Waals surface area contributed by atoms with Crippen LogP contribution in [0.4, 0.5) is 5.13 Å². The Morgan fingerprint density at radius 3 is 2.25 bits per heavy atom. The summed E-state index contributed by atoms with van der Waals surface area (Å²) in [6.45, 7) is 0. The van der Waals surface area contributed by atoms with Crippen LogP contribution in [0.2, 0.25) is 0 Å². The highest BCUT2D eigenvalue weighted by atomic mass is 32.1. The van der Waals surface area contributed by atoms with E-state index < -0.39 is 0 Å². The van der Waals surface area contributed by atoms with Crippen molar-refractivity contribution < 1.29 is 9.59 Å². The zero-order valence-electron chi connectivity index (χ0n) is 18.0. The van der Waals surface area contributed by atoms with Gasteiger partial charge in [-0.15, -0.1) is 10.2 Å². The van der Waals surface area contributed by atoms with Gasteiger partial charge in [-0.3, -0.25) is 14.9 Å². The third-order valence-electron chi connectivity index (χ3n) is 7.66. The van der Waals surface area contributed by atoms with E-state index in [1.165, 1.54) is 44.6 Å². The Balaban J connectivity index is 1.07. The minimum Gasteiger partial charge on any atom is -0.349 e. The number of amides is 2. The summed E-state index contributed by atoms with van der Waals surface area (Å²) in [4.78, 5) is 24.5. The summed E-state index contributed by atoms with van der Waals surface area (Å²) in [5.41, 5.74) is 1.72. The van der Waals surface area contributed by atoms with Crippen molar-refractivity contribution in [3.05, 3.63) is 46.5 Å². The van der Waals surface area contributed by atoms with E-state index in [0.29, 0.717) is 16.7 Å². The highest BCUT2D eigenvalue weighted by Crippen LogP contribution is 2.61. The zero-order valence-corrected chi connectivity index (χ0v) is 18.9. The van der Waals surface area contributed by atoms with Crippen LogP contribution in [0.25, 0.3) is 6.08 Å². The summed E-state index contributed by atoms with van der Waals surface area (Å²) in [5.74, 6) is 2.33. The summed E-state index contributed by atoms with van der Waals surface area (Å²) in [6, 6.07) is 7.62. The molecule has 0 saturated heterocycles. The maximum absolute atomic E-state index is 12.4. The molecule has 166 valence electrons. The van der Waals surface area contributed by atoms with Gasteiger partial charge in [-0.05, 0) is 92.9 Å².